The first-order valence-corrected chi connectivity index (χ1v) is 8.09. The number of rotatable bonds is 5. The van der Waals surface area contributed by atoms with Gasteiger partial charge in [0, 0.05) is 16.1 Å². The molecule has 104 valence electrons. The first-order valence-electron chi connectivity index (χ1n) is 6.31. The molecule has 0 unspecified atom stereocenters. The van der Waals surface area contributed by atoms with Crippen LogP contribution in [0.15, 0.2) is 33.9 Å². The summed E-state index contributed by atoms with van der Waals surface area (Å²) in [6.07, 6.45) is 2.37. The number of hydrogen-bond acceptors (Lipinski definition) is 4. The van der Waals surface area contributed by atoms with Gasteiger partial charge < -0.3 is 5.32 Å². The van der Waals surface area contributed by atoms with Crippen molar-refractivity contribution in [3.8, 4) is 0 Å². The SMILES string of the molecule is O=C(CSc1n[nH]c(C2CC2)n1)Nc1cccc(Br)c1. The summed E-state index contributed by atoms with van der Waals surface area (Å²) in [4.78, 5) is 16.2. The molecule has 20 heavy (non-hydrogen) atoms. The molecule has 1 saturated carbocycles. The van der Waals surface area contributed by atoms with E-state index in [0.717, 1.165) is 16.0 Å². The average molecular weight is 353 g/mol. The molecule has 3 rings (SSSR count). The summed E-state index contributed by atoms with van der Waals surface area (Å²) in [5.74, 6) is 1.73. The van der Waals surface area contributed by atoms with E-state index in [1.165, 1.54) is 24.6 Å². The largest absolute Gasteiger partial charge is 0.325 e. The molecule has 1 heterocycles. The van der Waals surface area contributed by atoms with Crippen LogP contribution < -0.4 is 5.32 Å². The predicted octanol–water partition coefficient (Wildman–Crippen LogP) is 3.18. The first kappa shape index (κ1) is 13.6. The first-order chi connectivity index (χ1) is 9.70. The molecule has 0 spiro atoms. The Kier molecular flexibility index (Phi) is 4.07. The minimum absolute atomic E-state index is 0.0640. The van der Waals surface area contributed by atoms with E-state index in [1.54, 1.807) is 0 Å². The van der Waals surface area contributed by atoms with Gasteiger partial charge >= 0.3 is 0 Å². The van der Waals surface area contributed by atoms with Gasteiger partial charge in [0.2, 0.25) is 11.1 Å². The lowest BCUT2D eigenvalue weighted by molar-refractivity contribution is -0.113. The van der Waals surface area contributed by atoms with E-state index < -0.39 is 0 Å². The van der Waals surface area contributed by atoms with Gasteiger partial charge in [-0.25, -0.2) is 4.98 Å². The molecular formula is C13H13BrN4OS. The van der Waals surface area contributed by atoms with Crippen LogP contribution in [0.25, 0.3) is 0 Å². The summed E-state index contributed by atoms with van der Waals surface area (Å²) in [5, 5.41) is 10.5. The third kappa shape index (κ3) is 3.61. The van der Waals surface area contributed by atoms with Crippen molar-refractivity contribution in [1.82, 2.24) is 15.2 Å². The Morgan fingerprint density at radius 3 is 3.10 bits per heavy atom. The lowest BCUT2D eigenvalue weighted by atomic mass is 10.3. The number of nitrogens with zero attached hydrogens (tertiary/aromatic N) is 2. The van der Waals surface area contributed by atoms with Crippen molar-refractivity contribution in [2.75, 3.05) is 11.1 Å². The van der Waals surface area contributed by atoms with Crippen LogP contribution in [0.5, 0.6) is 0 Å². The number of H-pyrrole nitrogens is 1. The second-order valence-electron chi connectivity index (χ2n) is 4.62. The fourth-order valence-corrected chi connectivity index (χ4v) is 2.76. The topological polar surface area (TPSA) is 70.7 Å². The smallest absolute Gasteiger partial charge is 0.234 e. The standard InChI is InChI=1S/C13H13BrN4OS/c14-9-2-1-3-10(6-9)15-11(19)7-20-13-16-12(17-18-13)8-4-5-8/h1-3,6,8H,4-5,7H2,(H,15,19)(H,16,17,18). The van der Waals surface area contributed by atoms with Crippen molar-refractivity contribution in [2.45, 2.75) is 23.9 Å². The van der Waals surface area contributed by atoms with Crippen LogP contribution in [0.2, 0.25) is 0 Å². The van der Waals surface area contributed by atoms with Gasteiger partial charge in [-0.05, 0) is 31.0 Å². The number of aromatic amines is 1. The van der Waals surface area contributed by atoms with E-state index in [9.17, 15) is 4.79 Å². The number of amides is 1. The summed E-state index contributed by atoms with van der Waals surface area (Å²) in [5.41, 5.74) is 0.777. The molecule has 0 radical (unpaired) electrons. The molecule has 0 bridgehead atoms. The van der Waals surface area contributed by atoms with Gasteiger partial charge in [0.1, 0.15) is 5.82 Å². The highest BCUT2D eigenvalue weighted by atomic mass is 79.9. The lowest BCUT2D eigenvalue weighted by Crippen LogP contribution is -2.14. The van der Waals surface area contributed by atoms with Crippen LogP contribution in [0.4, 0.5) is 5.69 Å². The number of thioether (sulfide) groups is 1. The highest BCUT2D eigenvalue weighted by Crippen LogP contribution is 2.38. The van der Waals surface area contributed by atoms with E-state index in [4.69, 9.17) is 0 Å². The molecule has 0 saturated heterocycles. The van der Waals surface area contributed by atoms with E-state index in [1.807, 2.05) is 24.3 Å². The fourth-order valence-electron chi connectivity index (χ4n) is 1.76. The number of halogens is 1. The van der Waals surface area contributed by atoms with Crippen LogP contribution in [-0.2, 0) is 4.79 Å². The number of hydrogen-bond donors (Lipinski definition) is 2. The van der Waals surface area contributed by atoms with Crippen molar-refractivity contribution in [3.05, 3.63) is 34.6 Å². The van der Waals surface area contributed by atoms with Gasteiger partial charge in [0.05, 0.1) is 5.75 Å². The van der Waals surface area contributed by atoms with E-state index >= 15 is 0 Å². The van der Waals surface area contributed by atoms with Crippen molar-refractivity contribution in [3.63, 3.8) is 0 Å². The van der Waals surface area contributed by atoms with Crippen LogP contribution >= 0.6 is 27.7 Å². The maximum Gasteiger partial charge on any atom is 0.234 e. The second-order valence-corrected chi connectivity index (χ2v) is 6.48. The maximum absolute atomic E-state index is 11.8. The number of aromatic nitrogens is 3. The zero-order valence-corrected chi connectivity index (χ0v) is 13.0. The highest BCUT2D eigenvalue weighted by Gasteiger charge is 2.27. The molecule has 1 amide bonds. The molecule has 1 aromatic heterocycles. The zero-order chi connectivity index (χ0) is 13.9. The Morgan fingerprint density at radius 1 is 1.50 bits per heavy atom. The van der Waals surface area contributed by atoms with Gasteiger partial charge in [-0.2, -0.15) is 0 Å². The van der Waals surface area contributed by atoms with E-state index in [-0.39, 0.29) is 5.91 Å². The predicted molar refractivity (Wildman–Crippen MR) is 81.9 cm³/mol. The number of carbonyl (C=O) groups is 1. The quantitative estimate of drug-likeness (QED) is 0.810. The summed E-state index contributed by atoms with van der Waals surface area (Å²) in [7, 11) is 0. The van der Waals surface area contributed by atoms with Crippen molar-refractivity contribution >= 4 is 39.3 Å². The highest BCUT2D eigenvalue weighted by molar-refractivity contribution is 9.10. The second kappa shape index (κ2) is 5.97. The third-order valence-electron chi connectivity index (χ3n) is 2.89. The molecule has 0 aliphatic heterocycles. The average Bonchev–Trinajstić information content (AvgIpc) is 3.16. The summed E-state index contributed by atoms with van der Waals surface area (Å²) in [6, 6.07) is 7.51. The van der Waals surface area contributed by atoms with Crippen LogP contribution in [0.3, 0.4) is 0 Å². The molecule has 0 atom stereocenters. The van der Waals surface area contributed by atoms with Crippen LogP contribution in [0.1, 0.15) is 24.6 Å². The molecule has 7 heteroatoms. The summed E-state index contributed by atoms with van der Waals surface area (Å²) < 4.78 is 0.936. The summed E-state index contributed by atoms with van der Waals surface area (Å²) in [6.45, 7) is 0. The van der Waals surface area contributed by atoms with E-state index in [0.29, 0.717) is 16.8 Å². The lowest BCUT2D eigenvalue weighted by Gasteiger charge is -2.04. The van der Waals surface area contributed by atoms with E-state index in [2.05, 4.69) is 36.4 Å². The Morgan fingerprint density at radius 2 is 2.35 bits per heavy atom. The fraction of sp³-hybridized carbons (Fsp3) is 0.308. The van der Waals surface area contributed by atoms with Crippen molar-refractivity contribution in [1.29, 1.82) is 0 Å². The molecule has 2 N–H and O–H groups in total. The molecule has 1 aliphatic rings. The zero-order valence-electron chi connectivity index (χ0n) is 10.6. The Labute approximate surface area is 129 Å². The molecule has 1 fully saturated rings. The Hall–Kier alpha value is -1.34. The molecule has 5 nitrogen and oxygen atoms in total. The Balaban J connectivity index is 1.51. The molecular weight excluding hydrogens is 340 g/mol. The van der Waals surface area contributed by atoms with Gasteiger partial charge in [-0.3, -0.25) is 9.89 Å². The van der Waals surface area contributed by atoms with Gasteiger partial charge in [0.25, 0.3) is 0 Å². The van der Waals surface area contributed by atoms with Gasteiger partial charge in [0.15, 0.2) is 0 Å². The molecule has 1 aliphatic carbocycles. The van der Waals surface area contributed by atoms with Gasteiger partial charge in [-0.15, -0.1) is 5.10 Å². The van der Waals surface area contributed by atoms with Crippen molar-refractivity contribution in [2.24, 2.45) is 0 Å². The number of benzene rings is 1. The maximum atomic E-state index is 11.8. The molecule has 2 aromatic rings. The normalized spacial score (nSPS) is 14.2. The minimum Gasteiger partial charge on any atom is -0.325 e. The van der Waals surface area contributed by atoms with Crippen LogP contribution in [0, 0.1) is 0 Å². The van der Waals surface area contributed by atoms with Crippen LogP contribution in [-0.4, -0.2) is 26.8 Å². The minimum atomic E-state index is -0.0640. The number of anilines is 1. The molecule has 1 aromatic carbocycles. The third-order valence-corrected chi connectivity index (χ3v) is 4.23. The van der Waals surface area contributed by atoms with Gasteiger partial charge in [-0.1, -0.05) is 33.8 Å². The Bertz CT molecular complexity index is 626. The number of carbonyl (C=O) groups excluding carboxylic acids is 1. The van der Waals surface area contributed by atoms with Crippen molar-refractivity contribution < 1.29 is 4.79 Å². The summed E-state index contributed by atoms with van der Waals surface area (Å²) >= 11 is 4.71. The monoisotopic (exact) mass is 352 g/mol. The number of nitrogens with one attached hydrogen (secondary N) is 2.